The molecule has 9 nitrogen and oxygen atoms in total. The van der Waals surface area contributed by atoms with Gasteiger partial charge in [-0.3, -0.25) is 9.78 Å². The summed E-state index contributed by atoms with van der Waals surface area (Å²) in [6.45, 7) is 10.5. The summed E-state index contributed by atoms with van der Waals surface area (Å²) >= 11 is 0. The minimum absolute atomic E-state index is 0.222. The van der Waals surface area contributed by atoms with E-state index in [-0.39, 0.29) is 4.90 Å². The molecule has 10 heteroatoms. The molecule has 0 aliphatic carbocycles. The topological polar surface area (TPSA) is 119 Å². The lowest BCUT2D eigenvalue weighted by Gasteiger charge is -2.24. The van der Waals surface area contributed by atoms with Crippen molar-refractivity contribution in [2.45, 2.75) is 52.0 Å². The highest BCUT2D eigenvalue weighted by atomic mass is 32.2. The van der Waals surface area contributed by atoms with Gasteiger partial charge in [-0.25, -0.2) is 17.8 Å². The number of benzene rings is 2. The lowest BCUT2D eigenvalue weighted by Crippen LogP contribution is -2.46. The number of carbonyl (C=O) groups excluding carboxylic acids is 1. The number of aromatic nitrogens is 4. The number of pyridine rings is 1. The van der Waals surface area contributed by atoms with Gasteiger partial charge in [0.15, 0.2) is 0 Å². The second-order valence-corrected chi connectivity index (χ2v) is 11.2. The Morgan fingerprint density at radius 1 is 1.06 bits per heavy atom. The van der Waals surface area contributed by atoms with Crippen molar-refractivity contribution < 1.29 is 13.2 Å². The molecule has 0 radical (unpaired) electrons. The molecule has 4 aromatic rings. The average molecular weight is 507 g/mol. The minimum atomic E-state index is -3.88. The fourth-order valence-electron chi connectivity index (χ4n) is 4.25. The molecule has 4 rings (SSSR count). The number of rotatable bonds is 7. The van der Waals surface area contributed by atoms with Crippen LogP contribution in [0.25, 0.3) is 16.5 Å². The van der Waals surface area contributed by atoms with Crippen LogP contribution in [0.4, 0.5) is 0 Å². The normalized spacial score (nSPS) is 12.2. The molecule has 0 aliphatic rings. The zero-order chi connectivity index (χ0) is 26.3. The van der Waals surface area contributed by atoms with E-state index < -0.39 is 28.0 Å². The molecule has 0 spiro atoms. The summed E-state index contributed by atoms with van der Waals surface area (Å²) in [6.07, 6.45) is 5.25. The van der Waals surface area contributed by atoms with Crippen molar-refractivity contribution >= 4 is 26.7 Å². The van der Waals surface area contributed by atoms with Gasteiger partial charge in [-0.2, -0.15) is 0 Å². The highest BCUT2D eigenvalue weighted by molar-refractivity contribution is 7.89. The van der Waals surface area contributed by atoms with Crippen LogP contribution in [0.5, 0.6) is 0 Å². The highest BCUT2D eigenvalue weighted by Gasteiger charge is 2.28. The Kier molecular flexibility index (Phi) is 6.68. The quantitative estimate of drug-likeness (QED) is 0.397. The molecular weight excluding hydrogens is 476 g/mol. The first-order chi connectivity index (χ1) is 16.9. The van der Waals surface area contributed by atoms with Gasteiger partial charge in [-0.05, 0) is 75.9 Å². The van der Waals surface area contributed by atoms with Crippen LogP contribution < -0.4 is 10.0 Å². The van der Waals surface area contributed by atoms with Gasteiger partial charge in [0.25, 0.3) is 0 Å². The van der Waals surface area contributed by atoms with Crippen molar-refractivity contribution in [1.29, 1.82) is 0 Å². The van der Waals surface area contributed by atoms with Crippen LogP contribution >= 0.6 is 0 Å². The maximum Gasteiger partial charge on any atom is 0.241 e. The van der Waals surface area contributed by atoms with Gasteiger partial charge < -0.3 is 5.32 Å². The fourth-order valence-corrected chi connectivity index (χ4v) is 5.84. The van der Waals surface area contributed by atoms with Gasteiger partial charge in [-0.15, -0.1) is 5.10 Å². The van der Waals surface area contributed by atoms with E-state index in [4.69, 9.17) is 0 Å². The van der Waals surface area contributed by atoms with Crippen LogP contribution in [0.1, 0.15) is 41.8 Å². The minimum Gasteiger partial charge on any atom is -0.344 e. The Morgan fingerprint density at radius 3 is 2.44 bits per heavy atom. The smallest absolute Gasteiger partial charge is 0.241 e. The predicted octanol–water partition coefficient (Wildman–Crippen LogP) is 3.38. The molecule has 0 unspecified atom stereocenters. The Balaban J connectivity index is 1.50. The predicted molar refractivity (Wildman–Crippen MR) is 138 cm³/mol. The maximum absolute atomic E-state index is 13.1. The molecule has 0 atom stereocenters. The summed E-state index contributed by atoms with van der Waals surface area (Å²) < 4.78 is 30.2. The fraction of sp³-hybridized carbons (Fsp3) is 0.308. The molecule has 2 aromatic heterocycles. The number of nitrogens with one attached hydrogen (secondary N) is 2. The van der Waals surface area contributed by atoms with Gasteiger partial charge in [0, 0.05) is 23.2 Å². The molecule has 2 aromatic carbocycles. The molecule has 2 N–H and O–H groups in total. The van der Waals surface area contributed by atoms with E-state index in [0.717, 1.165) is 27.6 Å². The zero-order valence-corrected chi connectivity index (χ0v) is 22.1. The van der Waals surface area contributed by atoms with Crippen LogP contribution in [-0.4, -0.2) is 40.8 Å². The Morgan fingerprint density at radius 2 is 1.75 bits per heavy atom. The summed E-state index contributed by atoms with van der Waals surface area (Å²) in [7, 11) is -3.88. The lowest BCUT2D eigenvalue weighted by molar-refractivity contribution is -0.121. The number of hydrogen-bond acceptors (Lipinski definition) is 6. The molecule has 0 saturated heterocycles. The molecule has 0 saturated carbocycles. The molecule has 0 bridgehead atoms. The van der Waals surface area contributed by atoms with E-state index in [2.05, 4.69) is 25.3 Å². The van der Waals surface area contributed by atoms with Crippen molar-refractivity contribution in [1.82, 2.24) is 30.0 Å². The third-order valence-electron chi connectivity index (χ3n) is 6.48. The second kappa shape index (κ2) is 9.44. The molecule has 0 fully saturated rings. The van der Waals surface area contributed by atoms with E-state index in [1.54, 1.807) is 51.0 Å². The van der Waals surface area contributed by atoms with E-state index in [9.17, 15) is 13.2 Å². The summed E-state index contributed by atoms with van der Waals surface area (Å²) in [4.78, 5) is 17.1. The Labute approximate surface area is 211 Å². The van der Waals surface area contributed by atoms with Crippen LogP contribution in [0.3, 0.4) is 0 Å². The van der Waals surface area contributed by atoms with Crippen molar-refractivity contribution in [2.75, 3.05) is 6.54 Å². The Hall–Kier alpha value is -3.63. The lowest BCUT2D eigenvalue weighted by atomic mass is 10.0. The number of hydrogen-bond donors (Lipinski definition) is 2. The summed E-state index contributed by atoms with van der Waals surface area (Å²) in [5.41, 5.74) is 3.59. The SMILES string of the molecule is Cc1cc(C)c(C)c(S(=O)(=O)NCC(=O)NC(C)(C)c2cn(-c3cccc4cnccc34)nn2)c1C. The van der Waals surface area contributed by atoms with Gasteiger partial charge in [0.2, 0.25) is 15.9 Å². The van der Waals surface area contributed by atoms with E-state index in [1.807, 2.05) is 44.2 Å². The number of aryl methyl sites for hydroxylation is 2. The van der Waals surface area contributed by atoms with Crippen LogP contribution in [0, 0.1) is 27.7 Å². The number of nitrogens with zero attached hydrogens (tertiary/aromatic N) is 4. The molecule has 2 heterocycles. The highest BCUT2D eigenvalue weighted by Crippen LogP contribution is 2.26. The van der Waals surface area contributed by atoms with E-state index >= 15 is 0 Å². The first kappa shape index (κ1) is 25.5. The molecule has 36 heavy (non-hydrogen) atoms. The van der Waals surface area contributed by atoms with Crippen LogP contribution in [0.15, 0.2) is 53.8 Å². The van der Waals surface area contributed by atoms with Crippen molar-refractivity contribution in [3.63, 3.8) is 0 Å². The first-order valence-electron chi connectivity index (χ1n) is 11.5. The molecule has 188 valence electrons. The average Bonchev–Trinajstić information content (AvgIpc) is 3.32. The van der Waals surface area contributed by atoms with E-state index in [1.165, 1.54) is 0 Å². The molecule has 1 amide bonds. The molecular formula is C26H30N6O3S. The van der Waals surface area contributed by atoms with Crippen molar-refractivity contribution in [2.24, 2.45) is 0 Å². The zero-order valence-electron chi connectivity index (χ0n) is 21.2. The number of carbonyl (C=O) groups is 1. The third-order valence-corrected chi connectivity index (χ3v) is 8.15. The number of sulfonamides is 1. The molecule has 0 aliphatic heterocycles. The van der Waals surface area contributed by atoms with Gasteiger partial charge >= 0.3 is 0 Å². The van der Waals surface area contributed by atoms with Crippen molar-refractivity contribution in [3.05, 3.63) is 76.9 Å². The van der Waals surface area contributed by atoms with E-state index in [0.29, 0.717) is 16.8 Å². The third kappa shape index (κ3) is 4.87. The van der Waals surface area contributed by atoms with Gasteiger partial charge in [-0.1, -0.05) is 23.4 Å². The summed E-state index contributed by atoms with van der Waals surface area (Å²) in [5.74, 6) is -0.478. The second-order valence-electron chi connectivity index (χ2n) is 9.51. The first-order valence-corrected chi connectivity index (χ1v) is 13.0. The van der Waals surface area contributed by atoms with Crippen LogP contribution in [0.2, 0.25) is 0 Å². The maximum atomic E-state index is 13.1. The van der Waals surface area contributed by atoms with Crippen LogP contribution in [-0.2, 0) is 20.4 Å². The summed E-state index contributed by atoms with van der Waals surface area (Å²) in [6, 6.07) is 9.68. The summed E-state index contributed by atoms with van der Waals surface area (Å²) in [5, 5.41) is 13.3. The van der Waals surface area contributed by atoms with Gasteiger partial charge in [0.05, 0.1) is 28.9 Å². The largest absolute Gasteiger partial charge is 0.344 e. The monoisotopic (exact) mass is 506 g/mol. The standard InChI is InChI=1S/C26H30N6O3S/c1-16-12-17(2)19(4)25(18(16)3)36(34,35)28-14-24(33)29-26(5,6)23-15-32(31-30-23)22-9-7-8-20-13-27-11-10-21(20)22/h7-13,15,28H,14H2,1-6H3,(H,29,33). The number of amides is 1. The van der Waals surface area contributed by atoms with Gasteiger partial charge in [0.1, 0.15) is 5.69 Å². The van der Waals surface area contributed by atoms with Crippen molar-refractivity contribution in [3.8, 4) is 5.69 Å². The number of fused-ring (bicyclic) bond motifs is 1. The Bertz CT molecular complexity index is 1540.